The van der Waals surface area contributed by atoms with Crippen LogP contribution in [-0.4, -0.2) is 27.5 Å². The molecule has 2 aromatic heterocycles. The van der Waals surface area contributed by atoms with Gasteiger partial charge in [0.05, 0.1) is 28.7 Å². The third kappa shape index (κ3) is 4.06. The van der Waals surface area contributed by atoms with Crippen LogP contribution in [0.3, 0.4) is 0 Å². The van der Waals surface area contributed by atoms with Gasteiger partial charge in [0.15, 0.2) is 0 Å². The highest BCUT2D eigenvalue weighted by atomic mass is 19.1. The molecule has 1 fully saturated rings. The summed E-state index contributed by atoms with van der Waals surface area (Å²) in [5, 5.41) is 0.934. The van der Waals surface area contributed by atoms with Crippen molar-refractivity contribution in [3.8, 4) is 0 Å². The number of nitrogens with one attached hydrogen (secondary N) is 1. The number of rotatable bonds is 5. The van der Waals surface area contributed by atoms with Crippen molar-refractivity contribution in [3.63, 3.8) is 0 Å². The van der Waals surface area contributed by atoms with Crippen molar-refractivity contribution in [2.24, 2.45) is 5.92 Å². The normalized spacial score (nSPS) is 19.4. The Morgan fingerprint density at radius 3 is 2.74 bits per heavy atom. The number of pyridine rings is 1. The van der Waals surface area contributed by atoms with Crippen LogP contribution >= 0.6 is 0 Å². The van der Waals surface area contributed by atoms with E-state index in [4.69, 9.17) is 9.72 Å². The Morgan fingerprint density at radius 1 is 1.18 bits per heavy atom. The Morgan fingerprint density at radius 2 is 1.97 bits per heavy atom. The lowest BCUT2D eigenvalue weighted by atomic mass is 9.73. The molecular formula is C28H30FN3O2. The van der Waals surface area contributed by atoms with E-state index in [2.05, 4.69) is 23.0 Å². The van der Waals surface area contributed by atoms with Crippen LogP contribution in [0.15, 0.2) is 42.6 Å². The maximum absolute atomic E-state index is 13.9. The Bertz CT molecular complexity index is 1350. The van der Waals surface area contributed by atoms with Gasteiger partial charge >= 0.3 is 5.97 Å². The summed E-state index contributed by atoms with van der Waals surface area (Å²) < 4.78 is 19.1. The molecule has 0 spiro atoms. The molecule has 1 N–H and O–H groups in total. The highest BCUT2D eigenvalue weighted by Crippen LogP contribution is 2.43. The first kappa shape index (κ1) is 22.5. The van der Waals surface area contributed by atoms with Gasteiger partial charge in [-0.1, -0.05) is 6.92 Å². The van der Waals surface area contributed by atoms with Crippen LogP contribution in [-0.2, 0) is 4.74 Å². The Balaban J connectivity index is 1.33. The molecule has 34 heavy (non-hydrogen) atoms. The predicted octanol–water partition coefficient (Wildman–Crippen LogP) is 6.81. The van der Waals surface area contributed by atoms with Crippen molar-refractivity contribution in [2.45, 2.75) is 58.3 Å². The van der Waals surface area contributed by atoms with Crippen LogP contribution in [0.1, 0.15) is 78.7 Å². The number of hydrogen-bond donors (Lipinski definition) is 1. The molecule has 1 atom stereocenters. The Hall–Kier alpha value is -3.28. The Labute approximate surface area is 198 Å². The van der Waals surface area contributed by atoms with Crippen LogP contribution in [0, 0.1) is 18.7 Å². The van der Waals surface area contributed by atoms with Crippen molar-refractivity contribution in [1.82, 2.24) is 15.0 Å². The summed E-state index contributed by atoms with van der Waals surface area (Å²) in [6.45, 7) is 6.33. The molecule has 6 heteroatoms. The van der Waals surface area contributed by atoms with Crippen LogP contribution in [0.4, 0.5) is 4.39 Å². The van der Waals surface area contributed by atoms with Crippen molar-refractivity contribution in [2.75, 3.05) is 6.61 Å². The average molecular weight is 460 g/mol. The number of imidazole rings is 1. The van der Waals surface area contributed by atoms with Crippen LogP contribution < -0.4 is 0 Å². The summed E-state index contributed by atoms with van der Waals surface area (Å²) in [4.78, 5) is 25.1. The molecule has 0 bridgehead atoms. The van der Waals surface area contributed by atoms with Crippen LogP contribution in [0.5, 0.6) is 0 Å². The topological polar surface area (TPSA) is 67.9 Å². The Kier molecular flexibility index (Phi) is 6.07. The number of aromatic nitrogens is 3. The summed E-state index contributed by atoms with van der Waals surface area (Å²) in [5.74, 6) is 1.67. The lowest BCUT2D eigenvalue weighted by molar-refractivity contribution is 0.0525. The largest absolute Gasteiger partial charge is 0.462 e. The fraction of sp³-hybridized carbons (Fsp3) is 0.393. The molecule has 4 aromatic rings. The lowest BCUT2D eigenvalue weighted by Gasteiger charge is -2.32. The summed E-state index contributed by atoms with van der Waals surface area (Å²) in [6, 6.07) is 10.6. The maximum atomic E-state index is 13.9. The van der Waals surface area contributed by atoms with E-state index >= 15 is 0 Å². The fourth-order valence-corrected chi connectivity index (χ4v) is 5.53. The minimum Gasteiger partial charge on any atom is -0.462 e. The molecule has 0 saturated heterocycles. The molecule has 2 heterocycles. The third-order valence-electron chi connectivity index (χ3n) is 7.51. The minimum absolute atomic E-state index is 0.213. The molecule has 1 saturated carbocycles. The first-order chi connectivity index (χ1) is 16.5. The highest BCUT2D eigenvalue weighted by molar-refractivity contribution is 5.96. The van der Waals surface area contributed by atoms with E-state index in [0.717, 1.165) is 59.0 Å². The molecule has 2 aromatic carbocycles. The molecule has 5 nitrogen and oxygen atoms in total. The minimum atomic E-state index is -0.304. The first-order valence-corrected chi connectivity index (χ1v) is 12.2. The third-order valence-corrected chi connectivity index (χ3v) is 7.51. The summed E-state index contributed by atoms with van der Waals surface area (Å²) in [6.07, 6.45) is 6.16. The SMILES string of the molecule is CCOC(=O)c1ccc2[nH]c([C@H](C)C3CCC(c4ccnc5ccc(F)cc45)CC3)nc2c1C. The summed E-state index contributed by atoms with van der Waals surface area (Å²) >= 11 is 0. The molecule has 0 radical (unpaired) electrons. The number of fused-ring (bicyclic) bond motifs is 2. The first-order valence-electron chi connectivity index (χ1n) is 12.2. The number of halogens is 1. The molecule has 1 aliphatic carbocycles. The number of benzene rings is 2. The van der Waals surface area contributed by atoms with Gasteiger partial charge in [-0.25, -0.2) is 14.2 Å². The number of H-pyrrole nitrogens is 1. The molecular weight excluding hydrogens is 429 g/mol. The van der Waals surface area contributed by atoms with Gasteiger partial charge in [-0.3, -0.25) is 4.98 Å². The number of nitrogens with zero attached hydrogens (tertiary/aromatic N) is 2. The van der Waals surface area contributed by atoms with E-state index in [-0.39, 0.29) is 17.7 Å². The summed E-state index contributed by atoms with van der Waals surface area (Å²) in [5.41, 5.74) is 5.28. The molecule has 176 valence electrons. The number of carbonyl (C=O) groups is 1. The van der Waals surface area contributed by atoms with E-state index < -0.39 is 0 Å². The standard InChI is InChI=1S/C28H30FN3O2/c1-4-34-28(33)21-10-12-25-26(17(21)3)32-27(31-25)16(2)18-5-7-19(8-6-18)22-13-14-30-24-11-9-20(29)15-23(22)24/h9-16,18-19H,4-8H2,1-3H3,(H,31,32)/t16-,18?,19?/m1/s1. The number of aryl methyl sites for hydroxylation is 1. The second kappa shape index (κ2) is 9.16. The van der Waals surface area contributed by atoms with Gasteiger partial charge < -0.3 is 9.72 Å². The number of carbonyl (C=O) groups excluding carboxylic acids is 1. The van der Waals surface area contributed by atoms with E-state index in [9.17, 15) is 9.18 Å². The fourth-order valence-electron chi connectivity index (χ4n) is 5.53. The summed E-state index contributed by atoms with van der Waals surface area (Å²) in [7, 11) is 0. The zero-order valence-corrected chi connectivity index (χ0v) is 19.9. The van der Waals surface area contributed by atoms with Gasteiger partial charge in [-0.05, 0) is 98.9 Å². The monoisotopic (exact) mass is 459 g/mol. The second-order valence-electron chi connectivity index (χ2n) is 9.44. The van der Waals surface area contributed by atoms with Gasteiger partial charge in [0.2, 0.25) is 0 Å². The maximum Gasteiger partial charge on any atom is 0.338 e. The van der Waals surface area contributed by atoms with Crippen LogP contribution in [0.2, 0.25) is 0 Å². The smallest absolute Gasteiger partial charge is 0.338 e. The van der Waals surface area contributed by atoms with E-state index in [1.54, 1.807) is 12.1 Å². The number of hydrogen-bond acceptors (Lipinski definition) is 4. The van der Waals surface area contributed by atoms with Crippen molar-refractivity contribution < 1.29 is 13.9 Å². The van der Waals surface area contributed by atoms with Crippen molar-refractivity contribution >= 4 is 27.9 Å². The zero-order valence-electron chi connectivity index (χ0n) is 19.9. The number of aromatic amines is 1. The molecule has 5 rings (SSSR count). The van der Waals surface area contributed by atoms with Gasteiger partial charge in [0, 0.05) is 17.5 Å². The zero-order chi connectivity index (χ0) is 23.8. The molecule has 0 aliphatic heterocycles. The van der Waals surface area contributed by atoms with Gasteiger partial charge in [-0.15, -0.1) is 0 Å². The predicted molar refractivity (Wildman–Crippen MR) is 132 cm³/mol. The highest BCUT2D eigenvalue weighted by Gasteiger charge is 2.29. The lowest BCUT2D eigenvalue weighted by Crippen LogP contribution is -2.19. The van der Waals surface area contributed by atoms with E-state index in [0.29, 0.717) is 24.0 Å². The van der Waals surface area contributed by atoms with Crippen molar-refractivity contribution in [1.29, 1.82) is 0 Å². The van der Waals surface area contributed by atoms with Gasteiger partial charge in [0.25, 0.3) is 0 Å². The number of esters is 1. The van der Waals surface area contributed by atoms with Gasteiger partial charge in [0.1, 0.15) is 11.6 Å². The van der Waals surface area contributed by atoms with E-state index in [1.807, 2.05) is 32.2 Å². The molecule has 0 unspecified atom stereocenters. The average Bonchev–Trinajstić information content (AvgIpc) is 3.29. The molecule has 1 aliphatic rings. The molecule has 0 amide bonds. The van der Waals surface area contributed by atoms with E-state index in [1.165, 1.54) is 11.6 Å². The number of ether oxygens (including phenoxy) is 1. The van der Waals surface area contributed by atoms with Crippen molar-refractivity contribution in [3.05, 3.63) is 70.9 Å². The van der Waals surface area contributed by atoms with Gasteiger partial charge in [-0.2, -0.15) is 0 Å². The quantitative estimate of drug-likeness (QED) is 0.333. The van der Waals surface area contributed by atoms with Crippen LogP contribution in [0.25, 0.3) is 21.9 Å². The second-order valence-corrected chi connectivity index (χ2v) is 9.44.